The summed E-state index contributed by atoms with van der Waals surface area (Å²) >= 11 is 15.1. The molecule has 0 unspecified atom stereocenters. The Labute approximate surface area is 263 Å². The van der Waals surface area contributed by atoms with Gasteiger partial charge in [0.1, 0.15) is 0 Å². The molecule has 0 bridgehead atoms. The second-order valence-corrected chi connectivity index (χ2v) is 13.4. The Hall–Kier alpha value is -1.11. The van der Waals surface area contributed by atoms with Crippen LogP contribution in [0, 0.1) is 0 Å². The zero-order valence-electron chi connectivity index (χ0n) is 25.9. The van der Waals surface area contributed by atoms with Gasteiger partial charge in [-0.15, -0.1) is 0 Å². The van der Waals surface area contributed by atoms with Crippen LogP contribution in [-0.2, 0) is 23.3 Å². The summed E-state index contributed by atoms with van der Waals surface area (Å²) in [5.41, 5.74) is -0.655. The topological polar surface area (TPSA) is 90.4 Å². The molecule has 41 heavy (non-hydrogen) atoms. The van der Waals surface area contributed by atoms with E-state index in [2.05, 4.69) is 25.9 Å². The van der Waals surface area contributed by atoms with Crippen molar-refractivity contribution in [2.24, 2.45) is 0 Å². The summed E-state index contributed by atoms with van der Waals surface area (Å²) in [5, 5.41) is 1.13. The molecule has 0 atom stereocenters. The summed E-state index contributed by atoms with van der Waals surface area (Å²) in [7, 11) is 2.07. The molecule has 0 saturated carbocycles. The standard InChI is InChI=1S/C12H17BClNO3.C9H19BO3.C6H5BrClNO/c1-11(2)12(3,4)18-13(17-11)8-7-15-10(16-5)6-9(8)14;1-7(2)11-10-12-8(3,4)9(5,6)13-10;1-10-6-2-5(8)4(7)3-9-6/h6-7H,1-5H3;7H,1-6H3;2-3H,1H3. The van der Waals surface area contributed by atoms with Gasteiger partial charge in [-0.1, -0.05) is 23.2 Å². The molecule has 228 valence electrons. The Morgan fingerprint density at radius 2 is 1.15 bits per heavy atom. The molecule has 4 heterocycles. The quantitative estimate of drug-likeness (QED) is 0.327. The van der Waals surface area contributed by atoms with Gasteiger partial charge in [-0.05, 0) is 85.2 Å². The molecule has 2 aromatic rings. The van der Waals surface area contributed by atoms with E-state index in [1.165, 1.54) is 0 Å². The Morgan fingerprint density at radius 3 is 1.54 bits per heavy atom. The molecule has 2 aliphatic heterocycles. The summed E-state index contributed by atoms with van der Waals surface area (Å²) in [5.74, 6) is 0.994. The van der Waals surface area contributed by atoms with Crippen LogP contribution in [-0.4, -0.2) is 67.1 Å². The number of aromatic nitrogens is 2. The molecule has 2 fully saturated rings. The van der Waals surface area contributed by atoms with Gasteiger partial charge in [0, 0.05) is 41.1 Å². The fraction of sp³-hybridized carbons (Fsp3) is 0.630. The molecule has 0 radical (unpaired) electrons. The molecule has 2 saturated heterocycles. The molecule has 0 spiro atoms. The lowest BCUT2D eigenvalue weighted by Gasteiger charge is -2.32. The molecule has 0 N–H and O–H groups in total. The van der Waals surface area contributed by atoms with Gasteiger partial charge >= 0.3 is 14.4 Å². The molecule has 14 heteroatoms. The van der Waals surface area contributed by atoms with Crippen molar-refractivity contribution in [1.29, 1.82) is 0 Å². The lowest BCUT2D eigenvalue weighted by Crippen LogP contribution is -2.41. The van der Waals surface area contributed by atoms with Crippen molar-refractivity contribution in [2.75, 3.05) is 14.2 Å². The van der Waals surface area contributed by atoms with E-state index in [4.69, 9.17) is 55.9 Å². The van der Waals surface area contributed by atoms with Gasteiger partial charge in [0.25, 0.3) is 0 Å². The zero-order chi connectivity index (χ0) is 31.4. The number of nitrogens with zero attached hydrogens (tertiary/aromatic N) is 2. The number of hydrogen-bond donors (Lipinski definition) is 0. The van der Waals surface area contributed by atoms with Crippen LogP contribution in [0.2, 0.25) is 10.0 Å². The third kappa shape index (κ3) is 9.44. The molecule has 2 aromatic heterocycles. The first-order valence-corrected chi connectivity index (χ1v) is 14.7. The van der Waals surface area contributed by atoms with Crippen molar-refractivity contribution < 1.29 is 32.7 Å². The highest BCUT2D eigenvalue weighted by Crippen LogP contribution is 2.38. The van der Waals surface area contributed by atoms with Crippen LogP contribution in [0.25, 0.3) is 0 Å². The van der Waals surface area contributed by atoms with E-state index in [0.29, 0.717) is 21.8 Å². The van der Waals surface area contributed by atoms with Crippen molar-refractivity contribution in [3.8, 4) is 11.8 Å². The summed E-state index contributed by atoms with van der Waals surface area (Å²) in [6.45, 7) is 20.0. The van der Waals surface area contributed by atoms with E-state index in [9.17, 15) is 0 Å². The summed E-state index contributed by atoms with van der Waals surface area (Å²) in [6, 6.07) is 3.30. The largest absolute Gasteiger partial charge is 0.640 e. The van der Waals surface area contributed by atoms with Gasteiger partial charge in [0.15, 0.2) is 0 Å². The molecular formula is C27H41B2BrCl2N2O7. The second kappa shape index (κ2) is 14.1. The Morgan fingerprint density at radius 1 is 0.732 bits per heavy atom. The van der Waals surface area contributed by atoms with E-state index in [1.54, 1.807) is 38.7 Å². The molecular weight excluding hydrogens is 637 g/mol. The van der Waals surface area contributed by atoms with Crippen molar-refractivity contribution >= 4 is 59.0 Å². The first-order valence-electron chi connectivity index (χ1n) is 13.2. The number of hydrogen-bond acceptors (Lipinski definition) is 9. The Balaban J connectivity index is 0.000000226. The highest BCUT2D eigenvalue weighted by Gasteiger charge is 2.53. The van der Waals surface area contributed by atoms with E-state index in [-0.39, 0.29) is 28.5 Å². The smallest absolute Gasteiger partial charge is 0.481 e. The average Bonchev–Trinajstić information content (AvgIpc) is 3.19. The minimum absolute atomic E-state index is 0.120. The van der Waals surface area contributed by atoms with Crippen molar-refractivity contribution in [3.63, 3.8) is 0 Å². The Kier molecular flexibility index (Phi) is 12.4. The van der Waals surface area contributed by atoms with Crippen molar-refractivity contribution in [1.82, 2.24) is 9.97 Å². The fourth-order valence-corrected chi connectivity index (χ4v) is 3.84. The normalized spacial score (nSPS) is 19.7. The maximum Gasteiger partial charge on any atom is 0.640 e. The molecule has 9 nitrogen and oxygen atoms in total. The summed E-state index contributed by atoms with van der Waals surface area (Å²) in [6.07, 6.45) is 3.35. The van der Waals surface area contributed by atoms with Crippen molar-refractivity contribution in [2.45, 2.75) is 97.7 Å². The van der Waals surface area contributed by atoms with E-state index < -0.39 is 14.4 Å². The predicted molar refractivity (Wildman–Crippen MR) is 167 cm³/mol. The minimum atomic E-state index is -0.523. The van der Waals surface area contributed by atoms with E-state index >= 15 is 0 Å². The van der Waals surface area contributed by atoms with E-state index in [1.807, 2.05) is 69.2 Å². The van der Waals surface area contributed by atoms with Gasteiger partial charge in [0.05, 0.1) is 46.1 Å². The molecule has 2 aliphatic rings. The maximum absolute atomic E-state index is 6.19. The zero-order valence-corrected chi connectivity index (χ0v) is 29.0. The van der Waals surface area contributed by atoms with Gasteiger partial charge in [-0.3, -0.25) is 0 Å². The van der Waals surface area contributed by atoms with Crippen LogP contribution in [0.1, 0.15) is 69.2 Å². The monoisotopic (exact) mass is 676 g/mol. The number of halogens is 3. The number of methoxy groups -OCH3 is 2. The van der Waals surface area contributed by atoms with Gasteiger partial charge in [-0.25, -0.2) is 9.97 Å². The van der Waals surface area contributed by atoms with Gasteiger partial charge < -0.3 is 32.7 Å². The maximum atomic E-state index is 6.19. The lowest BCUT2D eigenvalue weighted by atomic mass is 9.80. The molecule has 0 aromatic carbocycles. The highest BCUT2D eigenvalue weighted by molar-refractivity contribution is 9.10. The van der Waals surface area contributed by atoms with Gasteiger partial charge in [-0.2, -0.15) is 0 Å². The highest BCUT2D eigenvalue weighted by atomic mass is 79.9. The summed E-state index contributed by atoms with van der Waals surface area (Å²) < 4.78 is 39.2. The van der Waals surface area contributed by atoms with Crippen molar-refractivity contribution in [3.05, 3.63) is 39.0 Å². The fourth-order valence-electron chi connectivity index (χ4n) is 3.25. The molecule has 4 rings (SSSR count). The first-order chi connectivity index (χ1) is 18.7. The average molecular weight is 678 g/mol. The van der Waals surface area contributed by atoms with Gasteiger partial charge in [0.2, 0.25) is 11.8 Å². The van der Waals surface area contributed by atoms with Crippen LogP contribution in [0.5, 0.6) is 11.8 Å². The molecule has 0 aliphatic carbocycles. The molecule has 0 amide bonds. The predicted octanol–water partition coefficient (Wildman–Crippen LogP) is 6.55. The summed E-state index contributed by atoms with van der Waals surface area (Å²) in [4.78, 5) is 8.04. The lowest BCUT2D eigenvalue weighted by molar-refractivity contribution is 0.00578. The van der Waals surface area contributed by atoms with Crippen LogP contribution in [0.4, 0.5) is 0 Å². The first kappa shape index (κ1) is 36.1. The number of ether oxygens (including phenoxy) is 2. The minimum Gasteiger partial charge on any atom is -0.481 e. The third-order valence-electron chi connectivity index (χ3n) is 7.18. The second-order valence-electron chi connectivity index (χ2n) is 11.7. The van der Waals surface area contributed by atoms with E-state index in [0.717, 1.165) is 9.94 Å². The third-order valence-corrected chi connectivity index (χ3v) is 8.68. The Bertz CT molecular complexity index is 1140. The van der Waals surface area contributed by atoms with Crippen LogP contribution in [0.15, 0.2) is 29.0 Å². The number of rotatable bonds is 5. The SMILES string of the molecule is CC(C)OB1OC(C)(C)C(C)(C)O1.COc1cc(Cl)c(B2OC(C)(C)C(C)(C)O2)cn1.COc1cc(Cl)c(Br)cn1. The van der Waals surface area contributed by atoms with Crippen LogP contribution < -0.4 is 14.9 Å². The number of pyridine rings is 2. The van der Waals surface area contributed by atoms with Crippen LogP contribution in [0.3, 0.4) is 0 Å². The van der Waals surface area contributed by atoms with Crippen LogP contribution >= 0.6 is 39.1 Å².